The molecule has 0 aromatic heterocycles. The Balaban J connectivity index is 2.89. The molecule has 1 atom stereocenters. The van der Waals surface area contributed by atoms with Crippen molar-refractivity contribution in [3.63, 3.8) is 0 Å². The number of hydrogen-bond donors (Lipinski definition) is 0. The molecular weight excluding hydrogens is 242 g/mol. The Hall–Kier alpha value is -0.480. The van der Waals surface area contributed by atoms with Crippen LogP contribution in [0.4, 0.5) is 0 Å². The second kappa shape index (κ2) is 6.62. The van der Waals surface area contributed by atoms with Gasteiger partial charge in [0.1, 0.15) is 0 Å². The maximum Gasteiger partial charge on any atom is 0.0924 e. The van der Waals surface area contributed by atoms with Gasteiger partial charge in [-0.05, 0) is 31.1 Å². The van der Waals surface area contributed by atoms with Gasteiger partial charge in [-0.3, -0.25) is 0 Å². The molecule has 1 aliphatic carbocycles. The van der Waals surface area contributed by atoms with E-state index in [0.717, 1.165) is 11.5 Å². The van der Waals surface area contributed by atoms with Crippen LogP contribution in [-0.2, 0) is 0 Å². The molecule has 1 nitrogen and oxygen atoms in total. The zero-order chi connectivity index (χ0) is 13.6. The van der Waals surface area contributed by atoms with Crippen molar-refractivity contribution in [1.29, 1.82) is 5.26 Å². The first-order valence-corrected chi connectivity index (χ1v) is 7.70. The number of halogens is 1. The van der Waals surface area contributed by atoms with E-state index < -0.39 is 0 Å². The minimum atomic E-state index is 0.0502. The van der Waals surface area contributed by atoms with Crippen molar-refractivity contribution in [3.8, 4) is 6.07 Å². The lowest BCUT2D eigenvalue weighted by atomic mass is 9.46. The van der Waals surface area contributed by atoms with Crippen LogP contribution in [0.25, 0.3) is 0 Å². The fourth-order valence-corrected chi connectivity index (χ4v) is 3.74. The number of unbranched alkanes of at least 4 members (excludes halogenated alkanes) is 2. The molecule has 1 saturated carbocycles. The zero-order valence-electron chi connectivity index (χ0n) is 12.1. The molecule has 1 aliphatic rings. The third-order valence-electron chi connectivity index (χ3n) is 5.01. The van der Waals surface area contributed by atoms with Crippen molar-refractivity contribution >= 4 is 11.6 Å². The van der Waals surface area contributed by atoms with E-state index in [1.54, 1.807) is 6.08 Å². The van der Waals surface area contributed by atoms with Crippen molar-refractivity contribution < 1.29 is 0 Å². The lowest BCUT2D eigenvalue weighted by molar-refractivity contribution is -0.0486. The van der Waals surface area contributed by atoms with Crippen LogP contribution in [0.15, 0.2) is 11.1 Å². The summed E-state index contributed by atoms with van der Waals surface area (Å²) >= 11 is 6.40. The van der Waals surface area contributed by atoms with Crippen molar-refractivity contribution in [2.45, 2.75) is 72.1 Å². The third-order valence-corrected chi connectivity index (χ3v) is 5.54. The molecule has 1 rings (SSSR count). The van der Waals surface area contributed by atoms with Crippen LogP contribution in [0.3, 0.4) is 0 Å². The first kappa shape index (κ1) is 15.6. The highest BCUT2D eigenvalue weighted by Gasteiger charge is 2.56. The molecule has 2 heteroatoms. The minimum absolute atomic E-state index is 0.0502. The van der Waals surface area contributed by atoms with Gasteiger partial charge in [0.2, 0.25) is 0 Å². The van der Waals surface area contributed by atoms with Crippen LogP contribution in [0.2, 0.25) is 0 Å². The highest BCUT2D eigenvalue weighted by atomic mass is 35.5. The summed E-state index contributed by atoms with van der Waals surface area (Å²) in [6, 6.07) is 2.10. The summed E-state index contributed by atoms with van der Waals surface area (Å²) in [5, 5.41) is 9.61. The Kier molecular flexibility index (Phi) is 5.73. The maximum atomic E-state index is 8.83. The fraction of sp³-hybridized carbons (Fsp3) is 0.812. The van der Waals surface area contributed by atoms with E-state index >= 15 is 0 Å². The van der Waals surface area contributed by atoms with Crippen molar-refractivity contribution in [2.24, 2.45) is 10.8 Å². The highest BCUT2D eigenvalue weighted by Crippen LogP contribution is 2.66. The van der Waals surface area contributed by atoms with Crippen molar-refractivity contribution in [3.05, 3.63) is 11.1 Å². The van der Waals surface area contributed by atoms with Gasteiger partial charge in [0.15, 0.2) is 0 Å². The van der Waals surface area contributed by atoms with E-state index in [-0.39, 0.29) is 5.41 Å². The van der Waals surface area contributed by atoms with Crippen LogP contribution in [-0.4, -0.2) is 0 Å². The molecular formula is C16H26ClN. The second-order valence-electron chi connectivity index (χ2n) is 5.94. The van der Waals surface area contributed by atoms with E-state index in [1.165, 1.54) is 44.9 Å². The average molecular weight is 268 g/mol. The molecule has 102 valence electrons. The van der Waals surface area contributed by atoms with E-state index in [4.69, 9.17) is 16.9 Å². The van der Waals surface area contributed by atoms with Crippen molar-refractivity contribution in [2.75, 3.05) is 0 Å². The number of rotatable bonds is 7. The monoisotopic (exact) mass is 267 g/mol. The largest absolute Gasteiger partial charge is 0.193 e. The lowest BCUT2D eigenvalue weighted by Gasteiger charge is -2.59. The van der Waals surface area contributed by atoms with Gasteiger partial charge < -0.3 is 0 Å². The van der Waals surface area contributed by atoms with Gasteiger partial charge in [0.05, 0.1) is 6.07 Å². The van der Waals surface area contributed by atoms with Gasteiger partial charge in [-0.15, -0.1) is 0 Å². The topological polar surface area (TPSA) is 23.8 Å². The summed E-state index contributed by atoms with van der Waals surface area (Å²) in [7, 11) is 0. The Morgan fingerprint density at radius 1 is 1.22 bits per heavy atom. The quantitative estimate of drug-likeness (QED) is 0.535. The Labute approximate surface area is 117 Å². The molecule has 0 spiro atoms. The smallest absolute Gasteiger partial charge is 0.0924 e. The molecule has 0 radical (unpaired) electrons. The Morgan fingerprint density at radius 3 is 2.11 bits per heavy atom. The molecule has 18 heavy (non-hydrogen) atoms. The molecule has 0 bridgehead atoms. The standard InChI is InChI=1S/C16H26ClN/c1-4-6-9-16(10-7-5-2)12-11-15(16,3)14(17)8-13-18/h8H,4-7,9-12H2,1-3H3/b14-8-. The molecule has 0 heterocycles. The van der Waals surface area contributed by atoms with Crippen LogP contribution in [0, 0.1) is 22.2 Å². The first-order valence-electron chi connectivity index (χ1n) is 7.32. The van der Waals surface area contributed by atoms with Crippen LogP contribution in [0.1, 0.15) is 72.1 Å². The third kappa shape index (κ3) is 2.75. The summed E-state index contributed by atoms with van der Waals surface area (Å²) < 4.78 is 0. The molecule has 0 N–H and O–H groups in total. The summed E-state index contributed by atoms with van der Waals surface area (Å²) in [6.45, 7) is 6.75. The van der Waals surface area contributed by atoms with Crippen molar-refractivity contribution in [1.82, 2.24) is 0 Å². The molecule has 1 unspecified atom stereocenters. The van der Waals surface area contributed by atoms with E-state index in [9.17, 15) is 0 Å². The summed E-state index contributed by atoms with van der Waals surface area (Å²) in [5.74, 6) is 0. The average Bonchev–Trinajstić information content (AvgIpc) is 2.37. The highest BCUT2D eigenvalue weighted by molar-refractivity contribution is 6.30. The van der Waals surface area contributed by atoms with Crippen LogP contribution in [0.5, 0.6) is 0 Å². The second-order valence-corrected chi connectivity index (χ2v) is 6.35. The zero-order valence-corrected chi connectivity index (χ0v) is 12.8. The summed E-state index contributed by atoms with van der Waals surface area (Å²) in [6.07, 6.45) is 11.5. The van der Waals surface area contributed by atoms with Gasteiger partial charge in [0.25, 0.3) is 0 Å². The van der Waals surface area contributed by atoms with Gasteiger partial charge >= 0.3 is 0 Å². The Morgan fingerprint density at radius 2 is 1.78 bits per heavy atom. The molecule has 0 amide bonds. The number of nitrogens with zero attached hydrogens (tertiary/aromatic N) is 1. The Bertz CT molecular complexity index is 331. The van der Waals surface area contributed by atoms with E-state index in [1.807, 2.05) is 0 Å². The maximum absolute atomic E-state index is 8.83. The number of nitriles is 1. The molecule has 0 aromatic rings. The first-order chi connectivity index (χ1) is 8.56. The van der Waals surface area contributed by atoms with Gasteiger partial charge in [-0.1, -0.05) is 58.1 Å². The minimum Gasteiger partial charge on any atom is -0.193 e. The molecule has 0 aliphatic heterocycles. The van der Waals surface area contributed by atoms with Gasteiger partial charge in [-0.25, -0.2) is 0 Å². The van der Waals surface area contributed by atoms with E-state index in [2.05, 4.69) is 26.8 Å². The van der Waals surface area contributed by atoms with Crippen LogP contribution >= 0.6 is 11.6 Å². The van der Waals surface area contributed by atoms with Crippen LogP contribution < -0.4 is 0 Å². The van der Waals surface area contributed by atoms with Gasteiger partial charge in [-0.2, -0.15) is 5.26 Å². The summed E-state index contributed by atoms with van der Waals surface area (Å²) in [4.78, 5) is 0. The number of allylic oxidation sites excluding steroid dienone is 2. The normalized spacial score (nSPS) is 26.5. The predicted molar refractivity (Wildman–Crippen MR) is 78.4 cm³/mol. The molecule has 1 fully saturated rings. The summed E-state index contributed by atoms with van der Waals surface area (Å²) in [5.41, 5.74) is 0.401. The van der Waals surface area contributed by atoms with Gasteiger partial charge in [0, 0.05) is 16.5 Å². The number of hydrogen-bond acceptors (Lipinski definition) is 1. The van der Waals surface area contributed by atoms with E-state index in [0.29, 0.717) is 5.41 Å². The fourth-order valence-electron chi connectivity index (χ4n) is 3.40. The lowest BCUT2D eigenvalue weighted by Crippen LogP contribution is -2.49. The predicted octanol–water partition coefficient (Wildman–Crippen LogP) is 5.80. The molecule has 0 saturated heterocycles. The molecule has 0 aromatic carbocycles. The SMILES string of the molecule is CCCCC1(CCCC)CCC1(C)/C(Cl)=C/C#N.